The zero-order chi connectivity index (χ0) is 13.1. The molecule has 0 fully saturated rings. The van der Waals surface area contributed by atoms with E-state index in [0.29, 0.717) is 22.9 Å². The Bertz CT molecular complexity index is 616. The number of nitrogens with two attached hydrogens (primary N) is 1. The van der Waals surface area contributed by atoms with Crippen molar-refractivity contribution in [2.45, 2.75) is 0 Å². The number of aromatic nitrogens is 2. The van der Waals surface area contributed by atoms with E-state index in [0.717, 1.165) is 7.14 Å². The van der Waals surface area contributed by atoms with E-state index in [-0.39, 0.29) is 0 Å². The van der Waals surface area contributed by atoms with Crippen LogP contribution in [0, 0.1) is 18.5 Å². The topological polar surface area (TPSA) is 84.8 Å². The average Bonchev–Trinajstić information content (AvgIpc) is 2.35. The van der Waals surface area contributed by atoms with Crippen molar-refractivity contribution in [2.24, 2.45) is 0 Å². The van der Waals surface area contributed by atoms with Gasteiger partial charge in [0.2, 0.25) is 5.88 Å². The van der Waals surface area contributed by atoms with E-state index >= 15 is 0 Å². The molecule has 0 saturated carbocycles. The second-order valence-electron chi connectivity index (χ2n) is 3.27. The Morgan fingerprint density at radius 2 is 2.06 bits per heavy atom. The van der Waals surface area contributed by atoms with Gasteiger partial charge in [-0.25, -0.2) is 9.97 Å². The molecule has 0 bridgehead atoms. The largest absolute Gasteiger partial charge is 0.435 e. The number of anilines is 1. The van der Waals surface area contributed by atoms with E-state index in [1.165, 1.54) is 6.33 Å². The molecule has 5 nitrogen and oxygen atoms in total. The third kappa shape index (κ3) is 2.81. The monoisotopic (exact) mass is 464 g/mol. The molecular formula is C11H6I2N4O. The Labute approximate surface area is 131 Å². The Hall–Kier alpha value is -1.15. The van der Waals surface area contributed by atoms with E-state index in [1.54, 1.807) is 18.3 Å². The number of benzene rings is 1. The van der Waals surface area contributed by atoms with Gasteiger partial charge in [0.1, 0.15) is 6.33 Å². The lowest BCUT2D eigenvalue weighted by Gasteiger charge is -2.10. The van der Waals surface area contributed by atoms with Gasteiger partial charge in [-0.1, -0.05) is 0 Å². The molecule has 0 spiro atoms. The van der Waals surface area contributed by atoms with Gasteiger partial charge in [-0.2, -0.15) is 5.26 Å². The molecule has 1 aromatic heterocycles. The highest BCUT2D eigenvalue weighted by molar-refractivity contribution is 14.1. The van der Waals surface area contributed by atoms with Crippen LogP contribution >= 0.6 is 45.2 Å². The number of halogens is 2. The van der Waals surface area contributed by atoms with E-state index < -0.39 is 0 Å². The highest BCUT2D eigenvalue weighted by Gasteiger charge is 2.12. The number of nitrogens with zero attached hydrogens (tertiary/aromatic N) is 3. The molecule has 1 heterocycles. The molecule has 0 aliphatic carbocycles. The van der Waals surface area contributed by atoms with Crippen molar-refractivity contribution in [3.63, 3.8) is 0 Å². The van der Waals surface area contributed by atoms with Crippen LogP contribution < -0.4 is 10.5 Å². The smallest absolute Gasteiger partial charge is 0.235 e. The molecule has 1 aromatic carbocycles. The van der Waals surface area contributed by atoms with Crippen LogP contribution in [0.1, 0.15) is 5.56 Å². The molecule has 90 valence electrons. The summed E-state index contributed by atoms with van der Waals surface area (Å²) in [5.74, 6) is 0.950. The highest BCUT2D eigenvalue weighted by atomic mass is 127. The summed E-state index contributed by atoms with van der Waals surface area (Å²) in [4.78, 5) is 7.92. The summed E-state index contributed by atoms with van der Waals surface area (Å²) in [6.45, 7) is 0. The SMILES string of the molecule is N#Cc1cc(N)c(Oc2ncncc2I)c(I)c1. The van der Waals surface area contributed by atoms with Gasteiger partial charge >= 0.3 is 0 Å². The average molecular weight is 464 g/mol. The zero-order valence-corrected chi connectivity index (χ0v) is 13.2. The molecule has 7 heteroatoms. The maximum absolute atomic E-state index is 8.84. The third-order valence-electron chi connectivity index (χ3n) is 2.03. The standard InChI is InChI=1S/C11H6I2N4O/c12-7-1-6(3-14)2-9(15)10(7)18-11-8(13)4-16-5-17-11/h1-2,4-5H,15H2. The summed E-state index contributed by atoms with van der Waals surface area (Å²) >= 11 is 4.15. The van der Waals surface area contributed by atoms with Crippen LogP contribution in [0.3, 0.4) is 0 Å². The van der Waals surface area contributed by atoms with Gasteiger partial charge < -0.3 is 10.5 Å². The Balaban J connectivity index is 2.42. The predicted molar refractivity (Wildman–Crippen MR) is 83.1 cm³/mol. The van der Waals surface area contributed by atoms with Crippen molar-refractivity contribution in [3.05, 3.63) is 37.4 Å². The maximum atomic E-state index is 8.84. The molecular weight excluding hydrogens is 458 g/mol. The van der Waals surface area contributed by atoms with Gasteiger partial charge in [-0.15, -0.1) is 0 Å². The van der Waals surface area contributed by atoms with Crippen molar-refractivity contribution in [1.82, 2.24) is 9.97 Å². The van der Waals surface area contributed by atoms with E-state index in [1.807, 2.05) is 6.07 Å². The molecule has 0 atom stereocenters. The predicted octanol–water partition coefficient (Wildman–Crippen LogP) is 2.93. The van der Waals surface area contributed by atoms with Gasteiger partial charge in [0.15, 0.2) is 5.75 Å². The van der Waals surface area contributed by atoms with Crippen molar-refractivity contribution in [2.75, 3.05) is 5.73 Å². The van der Waals surface area contributed by atoms with Crippen LogP contribution in [0.2, 0.25) is 0 Å². The second-order valence-corrected chi connectivity index (χ2v) is 5.59. The van der Waals surface area contributed by atoms with Gasteiger partial charge in [0, 0.05) is 6.20 Å². The quantitative estimate of drug-likeness (QED) is 0.546. The molecule has 0 unspecified atom stereocenters. The number of ether oxygens (including phenoxy) is 1. The zero-order valence-electron chi connectivity index (χ0n) is 8.89. The maximum Gasteiger partial charge on any atom is 0.235 e. The van der Waals surface area contributed by atoms with Gasteiger partial charge in [-0.3, -0.25) is 0 Å². The first-order chi connectivity index (χ1) is 8.61. The third-order valence-corrected chi connectivity index (χ3v) is 3.58. The fourth-order valence-corrected chi connectivity index (χ4v) is 2.43. The van der Waals surface area contributed by atoms with Gasteiger partial charge in [0.05, 0.1) is 24.5 Å². The molecule has 2 rings (SSSR count). The van der Waals surface area contributed by atoms with Gasteiger partial charge in [-0.05, 0) is 57.3 Å². The van der Waals surface area contributed by atoms with Crippen LogP contribution in [0.15, 0.2) is 24.7 Å². The van der Waals surface area contributed by atoms with Crippen LogP contribution in [0.4, 0.5) is 5.69 Å². The first kappa shape index (κ1) is 13.3. The fourth-order valence-electron chi connectivity index (χ4n) is 1.26. The molecule has 0 saturated heterocycles. The number of hydrogen-bond acceptors (Lipinski definition) is 5. The van der Waals surface area contributed by atoms with Crippen molar-refractivity contribution >= 4 is 50.9 Å². The summed E-state index contributed by atoms with van der Waals surface area (Å²) in [5, 5.41) is 8.84. The first-order valence-electron chi connectivity index (χ1n) is 4.74. The van der Waals surface area contributed by atoms with Gasteiger partial charge in [0.25, 0.3) is 0 Å². The number of rotatable bonds is 2. The summed E-state index contributed by atoms with van der Waals surface area (Å²) < 4.78 is 7.22. The summed E-state index contributed by atoms with van der Waals surface area (Å²) in [5.41, 5.74) is 6.78. The number of nitrogen functional groups attached to an aromatic ring is 1. The summed E-state index contributed by atoms with van der Waals surface area (Å²) in [7, 11) is 0. The molecule has 18 heavy (non-hydrogen) atoms. The molecule has 2 N–H and O–H groups in total. The van der Waals surface area contributed by atoms with Crippen LogP contribution in [-0.2, 0) is 0 Å². The van der Waals surface area contributed by atoms with Crippen LogP contribution in [-0.4, -0.2) is 9.97 Å². The second kappa shape index (κ2) is 5.66. The van der Waals surface area contributed by atoms with E-state index in [4.69, 9.17) is 15.7 Å². The first-order valence-corrected chi connectivity index (χ1v) is 6.90. The molecule has 0 radical (unpaired) electrons. The van der Waals surface area contributed by atoms with Crippen LogP contribution in [0.25, 0.3) is 0 Å². The lowest BCUT2D eigenvalue weighted by Crippen LogP contribution is -1.99. The fraction of sp³-hybridized carbons (Fsp3) is 0. The molecule has 2 aromatic rings. The van der Waals surface area contributed by atoms with Crippen molar-refractivity contribution in [1.29, 1.82) is 5.26 Å². The van der Waals surface area contributed by atoms with Crippen LogP contribution in [0.5, 0.6) is 11.6 Å². The van der Waals surface area contributed by atoms with Crippen molar-refractivity contribution < 1.29 is 4.74 Å². The summed E-state index contributed by atoms with van der Waals surface area (Å²) in [6.07, 6.45) is 3.06. The minimum Gasteiger partial charge on any atom is -0.435 e. The summed E-state index contributed by atoms with van der Waals surface area (Å²) in [6, 6.07) is 5.33. The van der Waals surface area contributed by atoms with E-state index in [2.05, 4.69) is 55.1 Å². The lowest BCUT2D eigenvalue weighted by atomic mass is 10.2. The van der Waals surface area contributed by atoms with Crippen molar-refractivity contribution in [3.8, 4) is 17.7 Å². The number of hydrogen-bond donors (Lipinski definition) is 1. The lowest BCUT2D eigenvalue weighted by molar-refractivity contribution is 0.456. The molecule has 0 aliphatic heterocycles. The highest BCUT2D eigenvalue weighted by Crippen LogP contribution is 2.34. The number of nitriles is 1. The Morgan fingerprint density at radius 3 is 2.67 bits per heavy atom. The Kier molecular flexibility index (Phi) is 4.18. The molecule has 0 aliphatic rings. The minimum atomic E-state index is 0.410. The minimum absolute atomic E-state index is 0.410. The van der Waals surface area contributed by atoms with E-state index in [9.17, 15) is 0 Å². The Morgan fingerprint density at radius 1 is 1.28 bits per heavy atom. The molecule has 0 amide bonds. The normalized spacial score (nSPS) is 9.83.